The van der Waals surface area contributed by atoms with E-state index in [-0.39, 0.29) is 11.8 Å². The van der Waals surface area contributed by atoms with E-state index in [1.165, 1.54) is 0 Å². The Labute approximate surface area is 164 Å². The van der Waals surface area contributed by atoms with Gasteiger partial charge in [-0.15, -0.1) is 0 Å². The van der Waals surface area contributed by atoms with Gasteiger partial charge < -0.3 is 19.4 Å². The van der Waals surface area contributed by atoms with Gasteiger partial charge in [0.15, 0.2) is 0 Å². The van der Waals surface area contributed by atoms with Crippen molar-refractivity contribution in [3.8, 4) is 11.8 Å². The number of carbonyl (C=O) groups excluding carboxylic acids is 1. The average molecular weight is 377 g/mol. The zero-order chi connectivity index (χ0) is 19.3. The first-order valence-corrected chi connectivity index (χ1v) is 9.37. The summed E-state index contributed by atoms with van der Waals surface area (Å²) < 4.78 is 13.3. The molecule has 1 aliphatic rings. The molecule has 0 fully saturated rings. The highest BCUT2D eigenvalue weighted by atomic mass is 16.5. The van der Waals surface area contributed by atoms with Crippen molar-refractivity contribution < 1.29 is 14.3 Å². The van der Waals surface area contributed by atoms with Gasteiger partial charge in [-0.3, -0.25) is 4.79 Å². The third kappa shape index (κ3) is 4.34. The molecule has 1 aliphatic heterocycles. The lowest BCUT2D eigenvalue weighted by Crippen LogP contribution is -2.38. The van der Waals surface area contributed by atoms with Crippen LogP contribution in [0.15, 0.2) is 60.8 Å². The maximum atomic E-state index is 12.5. The zero-order valence-electron chi connectivity index (χ0n) is 15.8. The zero-order valence-corrected chi connectivity index (χ0v) is 15.8. The van der Waals surface area contributed by atoms with Gasteiger partial charge >= 0.3 is 0 Å². The molecule has 1 amide bonds. The third-order valence-corrected chi connectivity index (χ3v) is 4.70. The van der Waals surface area contributed by atoms with Crippen molar-refractivity contribution >= 4 is 5.91 Å². The number of hydrogen-bond acceptors (Lipinski definition) is 4. The first-order valence-electron chi connectivity index (χ1n) is 9.37. The second kappa shape index (κ2) is 8.17. The van der Waals surface area contributed by atoms with Crippen LogP contribution in [0.1, 0.15) is 16.8 Å². The van der Waals surface area contributed by atoms with Crippen molar-refractivity contribution in [3.63, 3.8) is 0 Å². The molecule has 1 atom stereocenters. The van der Waals surface area contributed by atoms with Gasteiger partial charge in [-0.1, -0.05) is 42.5 Å². The Morgan fingerprint density at radius 1 is 1.18 bits per heavy atom. The summed E-state index contributed by atoms with van der Waals surface area (Å²) in [5.41, 5.74) is 3.05. The second-order valence-corrected chi connectivity index (χ2v) is 6.96. The van der Waals surface area contributed by atoms with E-state index in [4.69, 9.17) is 9.47 Å². The number of aromatic nitrogens is 2. The molecule has 3 aromatic rings. The highest BCUT2D eigenvalue weighted by Gasteiger charge is 2.26. The molecule has 6 nitrogen and oxygen atoms in total. The maximum Gasteiger partial charge on any atom is 0.296 e. The van der Waals surface area contributed by atoms with E-state index in [9.17, 15) is 4.79 Å². The Hall–Kier alpha value is -3.28. The van der Waals surface area contributed by atoms with E-state index >= 15 is 0 Å². The molecule has 0 spiro atoms. The predicted octanol–water partition coefficient (Wildman–Crippen LogP) is 3.10. The van der Waals surface area contributed by atoms with Crippen LogP contribution in [0.25, 0.3) is 0 Å². The molecule has 0 aliphatic carbocycles. The Kier molecular flexibility index (Phi) is 5.28. The van der Waals surface area contributed by atoms with Crippen LogP contribution in [0.5, 0.6) is 11.8 Å². The lowest BCUT2D eigenvalue weighted by molar-refractivity contribution is -0.127. The molecule has 0 bridgehead atoms. The number of imidazole rings is 1. The van der Waals surface area contributed by atoms with Crippen molar-refractivity contribution in [1.82, 2.24) is 14.9 Å². The summed E-state index contributed by atoms with van der Waals surface area (Å²) >= 11 is 0. The molecule has 1 aromatic heterocycles. The molecular weight excluding hydrogens is 354 g/mol. The first-order chi connectivity index (χ1) is 13.7. The van der Waals surface area contributed by atoms with Gasteiger partial charge in [0, 0.05) is 19.3 Å². The van der Waals surface area contributed by atoms with E-state index in [1.807, 2.05) is 72.3 Å². The fraction of sp³-hybridized carbons (Fsp3) is 0.273. The SMILES string of the molecule is Cc1cn2c(n1)OCC(C(=O)NCc1ccc(OCc3ccccc3)cc1)C2. The number of ether oxygens (including phenoxy) is 2. The first kappa shape index (κ1) is 18.1. The minimum atomic E-state index is -0.213. The van der Waals surface area contributed by atoms with Gasteiger partial charge in [0.25, 0.3) is 6.01 Å². The molecule has 0 radical (unpaired) electrons. The van der Waals surface area contributed by atoms with Gasteiger partial charge in [-0.2, -0.15) is 0 Å². The molecule has 28 heavy (non-hydrogen) atoms. The number of nitrogens with one attached hydrogen (secondary N) is 1. The summed E-state index contributed by atoms with van der Waals surface area (Å²) in [6.45, 7) is 3.87. The predicted molar refractivity (Wildman–Crippen MR) is 105 cm³/mol. The number of carbonyl (C=O) groups is 1. The Morgan fingerprint density at radius 2 is 1.96 bits per heavy atom. The van der Waals surface area contributed by atoms with E-state index in [2.05, 4.69) is 10.3 Å². The second-order valence-electron chi connectivity index (χ2n) is 6.96. The number of aryl methyl sites for hydroxylation is 1. The number of fused-ring (bicyclic) bond motifs is 1. The fourth-order valence-corrected chi connectivity index (χ4v) is 3.17. The van der Waals surface area contributed by atoms with E-state index < -0.39 is 0 Å². The van der Waals surface area contributed by atoms with Gasteiger partial charge in [0.1, 0.15) is 19.0 Å². The summed E-state index contributed by atoms with van der Waals surface area (Å²) in [5.74, 6) is 0.582. The lowest BCUT2D eigenvalue weighted by Gasteiger charge is -2.23. The minimum Gasteiger partial charge on any atom is -0.489 e. The van der Waals surface area contributed by atoms with Crippen molar-refractivity contribution in [2.45, 2.75) is 26.6 Å². The molecule has 0 saturated heterocycles. The van der Waals surface area contributed by atoms with Crippen LogP contribution in [-0.4, -0.2) is 22.1 Å². The lowest BCUT2D eigenvalue weighted by atomic mass is 10.1. The van der Waals surface area contributed by atoms with Crippen molar-refractivity contribution in [2.24, 2.45) is 5.92 Å². The summed E-state index contributed by atoms with van der Waals surface area (Å²) in [6.07, 6.45) is 1.91. The summed E-state index contributed by atoms with van der Waals surface area (Å²) in [6, 6.07) is 18.4. The van der Waals surface area contributed by atoms with Gasteiger partial charge in [-0.25, -0.2) is 4.98 Å². The van der Waals surface area contributed by atoms with Gasteiger partial charge in [-0.05, 0) is 30.2 Å². The number of hydrogen-bond donors (Lipinski definition) is 1. The smallest absolute Gasteiger partial charge is 0.296 e. The molecule has 2 heterocycles. The van der Waals surface area contributed by atoms with Crippen LogP contribution in [0.4, 0.5) is 0 Å². The van der Waals surface area contributed by atoms with Crippen LogP contribution in [-0.2, 0) is 24.5 Å². The molecular formula is C22H23N3O3. The van der Waals surface area contributed by atoms with Crippen LogP contribution in [0.3, 0.4) is 0 Å². The van der Waals surface area contributed by atoms with Crippen LogP contribution in [0.2, 0.25) is 0 Å². The monoisotopic (exact) mass is 377 g/mol. The summed E-state index contributed by atoms with van der Waals surface area (Å²) in [5, 5.41) is 2.99. The summed E-state index contributed by atoms with van der Waals surface area (Å²) in [4.78, 5) is 16.7. The maximum absolute atomic E-state index is 12.5. The fourth-order valence-electron chi connectivity index (χ4n) is 3.17. The molecule has 1 unspecified atom stereocenters. The van der Waals surface area contributed by atoms with E-state index in [1.54, 1.807) is 0 Å². The highest BCUT2D eigenvalue weighted by Crippen LogP contribution is 2.20. The molecule has 1 N–H and O–H groups in total. The number of amides is 1. The normalized spacial score (nSPS) is 15.4. The largest absolute Gasteiger partial charge is 0.489 e. The van der Waals surface area contributed by atoms with Crippen LogP contribution in [0, 0.1) is 12.8 Å². The third-order valence-electron chi connectivity index (χ3n) is 4.70. The van der Waals surface area contributed by atoms with Crippen molar-refractivity contribution in [3.05, 3.63) is 77.6 Å². The molecule has 0 saturated carbocycles. The van der Waals surface area contributed by atoms with E-state index in [0.29, 0.717) is 32.3 Å². The standard InChI is InChI=1S/C22H23N3O3/c1-16-12-25-13-19(15-28-22(25)24-16)21(26)23-11-17-7-9-20(10-8-17)27-14-18-5-3-2-4-6-18/h2-10,12,19H,11,13-15H2,1H3,(H,23,26). The highest BCUT2D eigenvalue weighted by molar-refractivity contribution is 5.78. The molecule has 144 valence electrons. The van der Waals surface area contributed by atoms with Crippen LogP contribution >= 0.6 is 0 Å². The van der Waals surface area contributed by atoms with Crippen molar-refractivity contribution in [1.29, 1.82) is 0 Å². The summed E-state index contributed by atoms with van der Waals surface area (Å²) in [7, 11) is 0. The van der Waals surface area contributed by atoms with Gasteiger partial charge in [0.05, 0.1) is 11.6 Å². The topological polar surface area (TPSA) is 65.4 Å². The van der Waals surface area contributed by atoms with Crippen molar-refractivity contribution in [2.75, 3.05) is 6.61 Å². The van der Waals surface area contributed by atoms with Crippen LogP contribution < -0.4 is 14.8 Å². The van der Waals surface area contributed by atoms with E-state index in [0.717, 1.165) is 22.6 Å². The Bertz CT molecular complexity index is 935. The molecule has 6 heteroatoms. The Balaban J connectivity index is 1.26. The number of nitrogens with zero attached hydrogens (tertiary/aromatic N) is 2. The number of benzene rings is 2. The minimum absolute atomic E-state index is 0.0126. The molecule has 4 rings (SSSR count). The Morgan fingerprint density at radius 3 is 2.75 bits per heavy atom. The number of rotatable bonds is 6. The average Bonchev–Trinajstić information content (AvgIpc) is 3.11. The quantitative estimate of drug-likeness (QED) is 0.717. The van der Waals surface area contributed by atoms with Gasteiger partial charge in [0.2, 0.25) is 5.91 Å². The molecule has 2 aromatic carbocycles.